The second kappa shape index (κ2) is 10.9. The molecule has 1 heterocycles. The number of fused-ring (bicyclic) bond motifs is 5. The summed E-state index contributed by atoms with van der Waals surface area (Å²) in [6.07, 6.45) is -5.70. The van der Waals surface area contributed by atoms with Crippen LogP contribution in [0.5, 0.6) is 0 Å². The van der Waals surface area contributed by atoms with E-state index in [9.17, 15) is 26.3 Å². The van der Waals surface area contributed by atoms with Crippen LogP contribution in [-0.2, 0) is 12.4 Å². The molecule has 48 heavy (non-hydrogen) atoms. The Labute approximate surface area is 270 Å². The molecule has 0 spiro atoms. The fraction of sp³-hybridized carbons (Fsp3) is 0.0488. The van der Waals surface area contributed by atoms with Crippen LogP contribution in [-0.4, -0.2) is 4.98 Å². The lowest BCUT2D eigenvalue weighted by Gasteiger charge is -2.21. The summed E-state index contributed by atoms with van der Waals surface area (Å²) in [6.45, 7) is 0. The fourth-order valence-corrected chi connectivity index (χ4v) is 6.85. The summed E-state index contributed by atoms with van der Waals surface area (Å²) in [5.41, 5.74) is 1.99. The van der Waals surface area contributed by atoms with Gasteiger partial charge in [-0.25, -0.2) is 0 Å². The van der Waals surface area contributed by atoms with Crippen molar-refractivity contribution < 1.29 is 26.3 Å². The number of hydrogen-bond acceptors (Lipinski definition) is 1. The van der Waals surface area contributed by atoms with E-state index in [0.717, 1.165) is 56.9 Å². The molecule has 0 aliphatic heterocycles. The van der Waals surface area contributed by atoms with E-state index in [2.05, 4.69) is 11.1 Å². The van der Waals surface area contributed by atoms with Crippen molar-refractivity contribution in [1.82, 2.24) is 4.98 Å². The van der Waals surface area contributed by atoms with Crippen molar-refractivity contribution in [3.8, 4) is 33.4 Å². The number of hydrogen-bond donors (Lipinski definition) is 0. The maximum absolute atomic E-state index is 14.0. The van der Waals surface area contributed by atoms with Crippen molar-refractivity contribution in [2.75, 3.05) is 0 Å². The Morgan fingerprint density at radius 2 is 0.917 bits per heavy atom. The first-order valence-electron chi connectivity index (χ1n) is 15.2. The van der Waals surface area contributed by atoms with Crippen LogP contribution in [0.3, 0.4) is 0 Å². The molecule has 8 aromatic rings. The van der Waals surface area contributed by atoms with Crippen molar-refractivity contribution in [2.45, 2.75) is 12.4 Å². The minimum atomic E-state index is -4.57. The summed E-state index contributed by atoms with van der Waals surface area (Å²) in [4.78, 5) is 4.33. The van der Waals surface area contributed by atoms with Crippen LogP contribution < -0.4 is 0 Å². The predicted molar refractivity (Wildman–Crippen MR) is 181 cm³/mol. The topological polar surface area (TPSA) is 12.9 Å². The Bertz CT molecular complexity index is 2530. The lowest BCUT2D eigenvalue weighted by Crippen LogP contribution is -2.05. The van der Waals surface area contributed by atoms with Crippen LogP contribution in [0.1, 0.15) is 11.1 Å². The molecule has 0 saturated heterocycles. The molecule has 0 amide bonds. The van der Waals surface area contributed by atoms with Gasteiger partial charge in [-0.3, -0.25) is 4.98 Å². The maximum atomic E-state index is 14.0. The average molecular weight is 644 g/mol. The van der Waals surface area contributed by atoms with Gasteiger partial charge < -0.3 is 0 Å². The highest BCUT2D eigenvalue weighted by Gasteiger charge is 2.32. The normalized spacial score (nSPS) is 12.4. The van der Waals surface area contributed by atoms with Gasteiger partial charge in [-0.15, -0.1) is 0 Å². The Morgan fingerprint density at radius 1 is 0.396 bits per heavy atom. The zero-order chi connectivity index (χ0) is 33.2. The third-order valence-corrected chi connectivity index (χ3v) is 8.93. The second-order valence-corrected chi connectivity index (χ2v) is 11.8. The Morgan fingerprint density at radius 3 is 1.46 bits per heavy atom. The lowest BCUT2D eigenvalue weighted by atomic mass is 9.83. The summed E-state index contributed by atoms with van der Waals surface area (Å²) >= 11 is 0. The fourth-order valence-electron chi connectivity index (χ4n) is 6.85. The highest BCUT2D eigenvalue weighted by Crippen LogP contribution is 2.48. The first kappa shape index (κ1) is 29.7. The van der Waals surface area contributed by atoms with Crippen molar-refractivity contribution in [2.24, 2.45) is 0 Å². The molecule has 234 valence electrons. The van der Waals surface area contributed by atoms with E-state index in [1.165, 1.54) is 12.1 Å². The molecule has 1 nitrogen and oxygen atoms in total. The maximum Gasteiger partial charge on any atom is 0.416 e. The molecule has 0 aliphatic rings. The van der Waals surface area contributed by atoms with Crippen LogP contribution in [0.15, 0.2) is 140 Å². The first-order valence-corrected chi connectivity index (χ1v) is 15.2. The zero-order valence-corrected chi connectivity index (χ0v) is 25.0. The third kappa shape index (κ3) is 4.94. The average Bonchev–Trinajstić information content (AvgIpc) is 3.09. The van der Waals surface area contributed by atoms with Gasteiger partial charge in [-0.2, -0.15) is 26.3 Å². The molecule has 8 rings (SSSR count). The van der Waals surface area contributed by atoms with Gasteiger partial charge in [-0.05, 0) is 119 Å². The van der Waals surface area contributed by atoms with Gasteiger partial charge in [0.05, 0.1) is 11.1 Å². The summed E-state index contributed by atoms with van der Waals surface area (Å²) in [5, 5.41) is 6.09. The van der Waals surface area contributed by atoms with Crippen LogP contribution >= 0.6 is 0 Å². The van der Waals surface area contributed by atoms with E-state index < -0.39 is 23.5 Å². The van der Waals surface area contributed by atoms with Gasteiger partial charge >= 0.3 is 12.4 Å². The molecule has 0 unspecified atom stereocenters. The standard InChI is InChI=1S/C41H23F6N/c42-40(43,44)28-12-5-9-25(18-28)38-31-15-3-4-16-32(31)39(26-10-6-13-29(19-26)41(45,46)47)37-22-35-33(27-11-7-17-48-23-27)20-24-8-1-2-14-30(24)34(35)21-36(37)38/h1-23H. The lowest BCUT2D eigenvalue weighted by molar-refractivity contribution is -0.138. The first-order chi connectivity index (χ1) is 23.1. The zero-order valence-electron chi connectivity index (χ0n) is 25.0. The molecule has 0 radical (unpaired) electrons. The van der Waals surface area contributed by atoms with Gasteiger partial charge in [-0.1, -0.05) is 78.9 Å². The van der Waals surface area contributed by atoms with Gasteiger partial charge in [0.1, 0.15) is 0 Å². The number of pyridine rings is 1. The van der Waals surface area contributed by atoms with Crippen molar-refractivity contribution in [3.05, 3.63) is 151 Å². The highest BCUT2D eigenvalue weighted by molar-refractivity contribution is 6.26. The Hall–Kier alpha value is -5.69. The van der Waals surface area contributed by atoms with Gasteiger partial charge in [0.15, 0.2) is 0 Å². The molecule has 7 aromatic carbocycles. The Balaban J connectivity index is 1.61. The smallest absolute Gasteiger partial charge is 0.264 e. The number of alkyl halides is 6. The summed E-state index contributed by atoms with van der Waals surface area (Å²) in [5.74, 6) is 0. The quantitative estimate of drug-likeness (QED) is 0.106. The van der Waals surface area contributed by atoms with Crippen LogP contribution in [0.2, 0.25) is 0 Å². The molecular weight excluding hydrogens is 620 g/mol. The number of benzene rings is 7. The van der Waals surface area contributed by atoms with Gasteiger partial charge in [0.25, 0.3) is 0 Å². The van der Waals surface area contributed by atoms with E-state index >= 15 is 0 Å². The number of halogens is 6. The van der Waals surface area contributed by atoms with Crippen LogP contribution in [0.4, 0.5) is 26.3 Å². The van der Waals surface area contributed by atoms with E-state index in [0.29, 0.717) is 43.8 Å². The van der Waals surface area contributed by atoms with E-state index in [4.69, 9.17) is 0 Å². The minimum absolute atomic E-state index is 0.352. The monoisotopic (exact) mass is 643 g/mol. The van der Waals surface area contributed by atoms with Gasteiger partial charge in [0, 0.05) is 18.0 Å². The third-order valence-electron chi connectivity index (χ3n) is 8.93. The molecule has 0 aliphatic carbocycles. The van der Waals surface area contributed by atoms with Crippen molar-refractivity contribution in [1.29, 1.82) is 0 Å². The summed E-state index contributed by atoms with van der Waals surface area (Å²) < 4.78 is 84.2. The van der Waals surface area contributed by atoms with Crippen molar-refractivity contribution in [3.63, 3.8) is 0 Å². The number of rotatable bonds is 3. The molecule has 0 bridgehead atoms. The Kier molecular flexibility index (Phi) is 6.77. The second-order valence-electron chi connectivity index (χ2n) is 11.8. The molecule has 1 aromatic heterocycles. The predicted octanol–water partition coefficient (Wildman–Crippen LogP) is 12.7. The number of nitrogens with zero attached hydrogens (tertiary/aromatic N) is 1. The minimum Gasteiger partial charge on any atom is -0.264 e. The van der Waals surface area contributed by atoms with Crippen LogP contribution in [0.25, 0.3) is 76.5 Å². The molecule has 0 atom stereocenters. The molecule has 0 saturated carbocycles. The van der Waals surface area contributed by atoms with E-state index in [-0.39, 0.29) is 0 Å². The molecule has 0 N–H and O–H groups in total. The SMILES string of the molecule is FC(F)(F)c1cccc(-c2c3ccccc3c(-c3cccc(C(F)(F)F)c3)c3cc4c(cc23)c(-c2cccnc2)cc2ccccc24)c1. The largest absolute Gasteiger partial charge is 0.416 e. The van der Waals surface area contributed by atoms with E-state index in [1.54, 1.807) is 36.7 Å². The van der Waals surface area contributed by atoms with Crippen molar-refractivity contribution >= 4 is 43.1 Å². The molecule has 7 heteroatoms. The summed E-state index contributed by atoms with van der Waals surface area (Å²) in [7, 11) is 0. The molecular formula is C41H23F6N. The van der Waals surface area contributed by atoms with Gasteiger partial charge in [0.2, 0.25) is 0 Å². The van der Waals surface area contributed by atoms with Crippen LogP contribution in [0, 0.1) is 0 Å². The van der Waals surface area contributed by atoms with E-state index in [1.807, 2.05) is 60.7 Å². The summed E-state index contributed by atoms with van der Waals surface area (Å²) in [6, 6.07) is 35.3. The highest BCUT2D eigenvalue weighted by atomic mass is 19.4. The number of aromatic nitrogens is 1. The molecule has 0 fully saturated rings.